The predicted octanol–water partition coefficient (Wildman–Crippen LogP) is 2.91. The lowest BCUT2D eigenvalue weighted by molar-refractivity contribution is -0.142. The van der Waals surface area contributed by atoms with Crippen LogP contribution in [0.1, 0.15) is 21.9 Å². The van der Waals surface area contributed by atoms with E-state index in [0.717, 1.165) is 6.07 Å². The van der Waals surface area contributed by atoms with Gasteiger partial charge < -0.3 is 0 Å². The van der Waals surface area contributed by atoms with E-state index in [1.807, 2.05) is 0 Å². The molecule has 1 aromatic carbocycles. The van der Waals surface area contributed by atoms with Crippen molar-refractivity contribution >= 4 is 17.8 Å². The number of carbonyl (C=O) groups is 1. The van der Waals surface area contributed by atoms with Crippen molar-refractivity contribution < 1.29 is 18.0 Å². The van der Waals surface area contributed by atoms with Gasteiger partial charge in [-0.2, -0.15) is 28.5 Å². The lowest BCUT2D eigenvalue weighted by atomic mass is 10.1. The number of hydrazone groups is 1. The monoisotopic (exact) mass is 413 g/mol. The maximum atomic E-state index is 13.6. The molecule has 3 aromatic heterocycles. The Hall–Kier alpha value is -4.02. The molecule has 30 heavy (non-hydrogen) atoms. The van der Waals surface area contributed by atoms with Crippen molar-refractivity contribution in [3.05, 3.63) is 71.8 Å². The Balaban J connectivity index is 1.69. The summed E-state index contributed by atoms with van der Waals surface area (Å²) in [6.07, 6.45) is -1.78. The maximum Gasteiger partial charge on any atom is 0.433 e. The second-order valence-electron chi connectivity index (χ2n) is 6.27. The molecule has 0 saturated carbocycles. The largest absolute Gasteiger partial charge is 0.433 e. The van der Waals surface area contributed by atoms with Crippen LogP contribution in [0.3, 0.4) is 0 Å². The highest BCUT2D eigenvalue weighted by atomic mass is 19.4. The average molecular weight is 413 g/mol. The molecule has 0 saturated heterocycles. The SMILES string of the molecule is Cn1nccc1C=NNC(=O)c1cc2nc(-c3ccccc3)cc(C(F)(F)F)n2n1. The second-order valence-corrected chi connectivity index (χ2v) is 6.27. The Bertz CT molecular complexity index is 1240. The Morgan fingerprint density at radius 3 is 2.60 bits per heavy atom. The molecule has 8 nitrogen and oxygen atoms in total. The molecule has 0 bridgehead atoms. The molecule has 0 aliphatic carbocycles. The zero-order chi connectivity index (χ0) is 21.3. The molecule has 0 unspecified atom stereocenters. The van der Waals surface area contributed by atoms with Crippen molar-refractivity contribution in [3.8, 4) is 11.3 Å². The van der Waals surface area contributed by atoms with E-state index in [2.05, 4.69) is 25.7 Å². The summed E-state index contributed by atoms with van der Waals surface area (Å²) in [5.41, 5.74) is 2.10. The Morgan fingerprint density at radius 2 is 1.93 bits per heavy atom. The number of carbonyl (C=O) groups excluding carboxylic acids is 1. The number of hydrogen-bond acceptors (Lipinski definition) is 5. The molecule has 152 valence electrons. The van der Waals surface area contributed by atoms with Gasteiger partial charge in [0.05, 0.1) is 17.6 Å². The van der Waals surface area contributed by atoms with Gasteiger partial charge in [0.25, 0.3) is 5.91 Å². The molecule has 4 aromatic rings. The van der Waals surface area contributed by atoms with Crippen molar-refractivity contribution in [2.45, 2.75) is 6.18 Å². The summed E-state index contributed by atoms with van der Waals surface area (Å²) in [4.78, 5) is 16.5. The number of benzene rings is 1. The molecule has 3 heterocycles. The van der Waals surface area contributed by atoms with Gasteiger partial charge in [-0.15, -0.1) is 0 Å². The first-order valence-corrected chi connectivity index (χ1v) is 8.68. The number of fused-ring (bicyclic) bond motifs is 1. The third kappa shape index (κ3) is 3.77. The Labute approximate surface area is 167 Å². The van der Waals surface area contributed by atoms with Crippen LogP contribution in [0.25, 0.3) is 16.9 Å². The van der Waals surface area contributed by atoms with E-state index in [1.54, 1.807) is 49.6 Å². The third-order valence-corrected chi connectivity index (χ3v) is 4.24. The molecular weight excluding hydrogens is 399 g/mol. The van der Waals surface area contributed by atoms with Gasteiger partial charge in [0.15, 0.2) is 17.0 Å². The van der Waals surface area contributed by atoms with Crippen LogP contribution in [-0.2, 0) is 13.2 Å². The van der Waals surface area contributed by atoms with Crippen LogP contribution >= 0.6 is 0 Å². The molecule has 0 atom stereocenters. The number of amides is 1. The summed E-state index contributed by atoms with van der Waals surface area (Å²) < 4.78 is 42.9. The highest BCUT2D eigenvalue weighted by Gasteiger charge is 2.35. The number of aryl methyl sites for hydroxylation is 1. The number of halogens is 3. The molecule has 0 radical (unpaired) electrons. The van der Waals surface area contributed by atoms with Crippen LogP contribution in [0, 0.1) is 0 Å². The summed E-state index contributed by atoms with van der Waals surface area (Å²) in [5.74, 6) is -0.770. The summed E-state index contributed by atoms with van der Waals surface area (Å²) in [7, 11) is 1.69. The number of aromatic nitrogens is 5. The molecule has 1 N–H and O–H groups in total. The minimum atomic E-state index is -4.69. The molecule has 1 amide bonds. The van der Waals surface area contributed by atoms with Gasteiger partial charge in [-0.1, -0.05) is 30.3 Å². The van der Waals surface area contributed by atoms with E-state index < -0.39 is 17.8 Å². The van der Waals surface area contributed by atoms with Crippen LogP contribution in [0.5, 0.6) is 0 Å². The molecular formula is C19H14F3N7O. The maximum absolute atomic E-state index is 13.6. The van der Waals surface area contributed by atoms with E-state index >= 15 is 0 Å². The molecule has 0 spiro atoms. The highest BCUT2D eigenvalue weighted by Crippen LogP contribution is 2.32. The summed E-state index contributed by atoms with van der Waals surface area (Å²) in [5, 5.41) is 11.5. The van der Waals surface area contributed by atoms with Crippen LogP contribution in [0.15, 0.2) is 59.8 Å². The minimum Gasteiger partial charge on any atom is -0.267 e. The number of hydrogen-bond donors (Lipinski definition) is 1. The number of nitrogens with one attached hydrogen (secondary N) is 1. The number of rotatable bonds is 4. The van der Waals surface area contributed by atoms with Crippen molar-refractivity contribution in [1.29, 1.82) is 0 Å². The first-order valence-electron chi connectivity index (χ1n) is 8.68. The van der Waals surface area contributed by atoms with E-state index in [9.17, 15) is 18.0 Å². The van der Waals surface area contributed by atoms with E-state index in [4.69, 9.17) is 0 Å². The smallest absolute Gasteiger partial charge is 0.267 e. The van der Waals surface area contributed by atoms with Gasteiger partial charge in [-0.05, 0) is 12.1 Å². The molecule has 11 heteroatoms. The first kappa shape index (κ1) is 19.3. The normalized spacial score (nSPS) is 12.0. The Kier molecular flexibility index (Phi) is 4.78. The van der Waals surface area contributed by atoms with Crippen LogP contribution in [0.2, 0.25) is 0 Å². The fourth-order valence-electron chi connectivity index (χ4n) is 2.77. The fraction of sp³-hybridized carbons (Fsp3) is 0.105. The zero-order valence-electron chi connectivity index (χ0n) is 15.5. The summed E-state index contributed by atoms with van der Waals surface area (Å²) in [6, 6.07) is 12.2. The van der Waals surface area contributed by atoms with E-state index in [-0.39, 0.29) is 17.0 Å². The average Bonchev–Trinajstić information content (AvgIpc) is 3.33. The van der Waals surface area contributed by atoms with Gasteiger partial charge in [-0.25, -0.2) is 14.9 Å². The summed E-state index contributed by atoms with van der Waals surface area (Å²) >= 11 is 0. The van der Waals surface area contributed by atoms with E-state index in [1.165, 1.54) is 17.0 Å². The van der Waals surface area contributed by atoms with Gasteiger partial charge >= 0.3 is 6.18 Å². The number of alkyl halides is 3. The highest BCUT2D eigenvalue weighted by molar-refractivity contribution is 5.94. The topological polar surface area (TPSA) is 89.5 Å². The predicted molar refractivity (Wildman–Crippen MR) is 102 cm³/mol. The standard InChI is InChI=1S/C19H14F3N7O/c1-28-13(7-8-24-28)11-23-26-18(30)15-10-17-25-14(12-5-3-2-4-6-12)9-16(19(20,21)22)29(17)27-15/h2-11H,1H3,(H,26,30). The lowest BCUT2D eigenvalue weighted by Gasteiger charge is -2.10. The van der Waals surface area contributed by atoms with Crippen molar-refractivity contribution in [3.63, 3.8) is 0 Å². The van der Waals surface area contributed by atoms with Gasteiger partial charge in [0.2, 0.25) is 0 Å². The fourth-order valence-corrected chi connectivity index (χ4v) is 2.77. The van der Waals surface area contributed by atoms with Crippen LogP contribution < -0.4 is 5.43 Å². The second kappa shape index (κ2) is 7.43. The van der Waals surface area contributed by atoms with E-state index in [0.29, 0.717) is 15.8 Å². The van der Waals surface area contributed by atoms with Crippen molar-refractivity contribution in [2.24, 2.45) is 12.1 Å². The molecule has 0 aliphatic heterocycles. The van der Waals surface area contributed by atoms with Crippen molar-refractivity contribution in [2.75, 3.05) is 0 Å². The zero-order valence-corrected chi connectivity index (χ0v) is 15.5. The quantitative estimate of drug-likeness (QED) is 0.412. The van der Waals surface area contributed by atoms with Crippen molar-refractivity contribution in [1.82, 2.24) is 29.8 Å². The Morgan fingerprint density at radius 1 is 1.17 bits per heavy atom. The molecule has 0 fully saturated rings. The van der Waals surface area contributed by atoms with Gasteiger partial charge in [0.1, 0.15) is 0 Å². The van der Waals surface area contributed by atoms with Gasteiger partial charge in [0, 0.05) is 24.9 Å². The summed E-state index contributed by atoms with van der Waals surface area (Å²) in [6.45, 7) is 0. The number of nitrogens with zero attached hydrogens (tertiary/aromatic N) is 6. The lowest BCUT2D eigenvalue weighted by Crippen LogP contribution is -2.19. The molecule has 4 rings (SSSR count). The van der Waals surface area contributed by atoms with Gasteiger partial charge in [-0.3, -0.25) is 9.48 Å². The van der Waals surface area contributed by atoms with Crippen LogP contribution in [-0.4, -0.2) is 36.5 Å². The third-order valence-electron chi connectivity index (χ3n) is 4.24. The first-order chi connectivity index (χ1) is 14.3. The molecule has 0 aliphatic rings. The minimum absolute atomic E-state index is 0.107. The van der Waals surface area contributed by atoms with Crippen LogP contribution in [0.4, 0.5) is 13.2 Å².